The lowest BCUT2D eigenvalue weighted by atomic mass is 10.00. The Labute approximate surface area is 204 Å². The van der Waals surface area contributed by atoms with Crippen LogP contribution in [-0.2, 0) is 25.5 Å². The molecular formula is C26H32FNO7. The topological polar surface area (TPSA) is 104 Å². The second kappa shape index (κ2) is 11.5. The number of esters is 3. The number of nitrogens with zero attached hydrogens (tertiary/aromatic N) is 1. The van der Waals surface area contributed by atoms with E-state index in [4.69, 9.17) is 14.2 Å². The summed E-state index contributed by atoms with van der Waals surface area (Å²) in [5.41, 5.74) is 1.65. The first-order valence-corrected chi connectivity index (χ1v) is 11.9. The lowest BCUT2D eigenvalue weighted by Gasteiger charge is -2.27. The molecule has 9 heteroatoms. The van der Waals surface area contributed by atoms with Crippen molar-refractivity contribution in [1.82, 2.24) is 4.57 Å². The van der Waals surface area contributed by atoms with Crippen LogP contribution in [0.25, 0.3) is 11.3 Å². The minimum Gasteiger partial charge on any atom is -0.462 e. The molecule has 2 heterocycles. The molecule has 0 bridgehead atoms. The normalized spacial score (nSPS) is 17.9. The standard InChI is InChI=1S/C26H32FNO7/c1-5-33-25(31)21-22(26(32)34-6-2)24(16-7-9-17(27)10-8-16)28(23(21)15(3)4)12-11-19-13-18(29)14-20(30)35-19/h7-10,15,18-19,29H,5-6,11-14H2,1-4H3/t18-,19-/m1/s1. The van der Waals surface area contributed by atoms with Gasteiger partial charge in [0.2, 0.25) is 0 Å². The minimum atomic E-state index is -0.780. The van der Waals surface area contributed by atoms with Gasteiger partial charge in [0.15, 0.2) is 0 Å². The Hall–Kier alpha value is -3.20. The molecule has 1 N–H and O–H groups in total. The van der Waals surface area contributed by atoms with Gasteiger partial charge in [0.1, 0.15) is 17.5 Å². The zero-order valence-corrected chi connectivity index (χ0v) is 20.5. The van der Waals surface area contributed by atoms with Gasteiger partial charge in [-0.25, -0.2) is 14.0 Å². The second-order valence-electron chi connectivity index (χ2n) is 8.73. The van der Waals surface area contributed by atoms with Crippen molar-refractivity contribution < 1.29 is 38.1 Å². The van der Waals surface area contributed by atoms with Crippen LogP contribution in [-0.4, -0.2) is 53.0 Å². The van der Waals surface area contributed by atoms with Gasteiger partial charge in [-0.1, -0.05) is 13.8 Å². The predicted octanol–water partition coefficient (Wildman–Crippen LogP) is 4.23. The predicted molar refractivity (Wildman–Crippen MR) is 126 cm³/mol. The molecule has 0 amide bonds. The van der Waals surface area contributed by atoms with E-state index in [1.165, 1.54) is 24.3 Å². The van der Waals surface area contributed by atoms with E-state index >= 15 is 0 Å². The van der Waals surface area contributed by atoms with Crippen LogP contribution in [0.4, 0.5) is 4.39 Å². The van der Waals surface area contributed by atoms with Gasteiger partial charge in [-0.2, -0.15) is 0 Å². The summed E-state index contributed by atoms with van der Waals surface area (Å²) in [5.74, 6) is -2.45. The fourth-order valence-corrected chi connectivity index (χ4v) is 4.50. The van der Waals surface area contributed by atoms with Crippen molar-refractivity contribution in [2.24, 2.45) is 0 Å². The number of halogens is 1. The number of carbonyl (C=O) groups is 3. The van der Waals surface area contributed by atoms with Crippen LogP contribution in [0.2, 0.25) is 0 Å². The Morgan fingerprint density at radius 1 is 1.11 bits per heavy atom. The number of benzene rings is 1. The van der Waals surface area contributed by atoms with Crippen LogP contribution in [0.1, 0.15) is 79.3 Å². The van der Waals surface area contributed by atoms with Crippen molar-refractivity contribution in [3.8, 4) is 11.3 Å². The molecule has 2 atom stereocenters. The van der Waals surface area contributed by atoms with E-state index in [1.807, 2.05) is 18.4 Å². The molecule has 1 aliphatic rings. The van der Waals surface area contributed by atoms with Gasteiger partial charge in [-0.05, 0) is 49.6 Å². The molecule has 190 valence electrons. The summed E-state index contributed by atoms with van der Waals surface area (Å²) in [4.78, 5) is 38.2. The number of ether oxygens (including phenoxy) is 3. The monoisotopic (exact) mass is 489 g/mol. The number of aliphatic hydroxyl groups excluding tert-OH is 1. The zero-order chi connectivity index (χ0) is 25.7. The maximum Gasteiger partial charge on any atom is 0.341 e. The average molecular weight is 490 g/mol. The van der Waals surface area contributed by atoms with E-state index in [9.17, 15) is 23.9 Å². The van der Waals surface area contributed by atoms with Crippen LogP contribution in [0.15, 0.2) is 24.3 Å². The smallest absolute Gasteiger partial charge is 0.341 e. The highest BCUT2D eigenvalue weighted by molar-refractivity contribution is 6.09. The Balaban J connectivity index is 2.22. The fourth-order valence-electron chi connectivity index (χ4n) is 4.50. The molecule has 1 aromatic carbocycles. The lowest BCUT2D eigenvalue weighted by molar-refractivity contribution is -0.160. The molecule has 2 aromatic rings. The highest BCUT2D eigenvalue weighted by Crippen LogP contribution is 2.37. The van der Waals surface area contributed by atoms with Crippen molar-refractivity contribution in [2.75, 3.05) is 13.2 Å². The third-order valence-electron chi connectivity index (χ3n) is 5.84. The summed E-state index contributed by atoms with van der Waals surface area (Å²) in [5, 5.41) is 9.99. The first-order valence-electron chi connectivity index (χ1n) is 11.9. The van der Waals surface area contributed by atoms with Crippen molar-refractivity contribution in [3.05, 3.63) is 46.9 Å². The van der Waals surface area contributed by atoms with Crippen LogP contribution < -0.4 is 0 Å². The molecule has 0 aliphatic carbocycles. The van der Waals surface area contributed by atoms with Crippen molar-refractivity contribution in [1.29, 1.82) is 0 Å². The summed E-state index contributed by atoms with van der Waals surface area (Å²) in [6, 6.07) is 5.63. The van der Waals surface area contributed by atoms with E-state index < -0.39 is 35.9 Å². The molecule has 1 aliphatic heterocycles. The Kier molecular flexibility index (Phi) is 8.67. The number of aromatic nitrogens is 1. The summed E-state index contributed by atoms with van der Waals surface area (Å²) >= 11 is 0. The van der Waals surface area contributed by atoms with Crippen LogP contribution in [0, 0.1) is 5.82 Å². The van der Waals surface area contributed by atoms with Crippen molar-refractivity contribution in [3.63, 3.8) is 0 Å². The molecule has 3 rings (SSSR count). The summed E-state index contributed by atoms with van der Waals surface area (Å²) in [6.45, 7) is 7.62. The number of hydrogen-bond donors (Lipinski definition) is 1. The number of hydrogen-bond acceptors (Lipinski definition) is 7. The molecule has 35 heavy (non-hydrogen) atoms. The van der Waals surface area contributed by atoms with E-state index in [0.717, 1.165) is 0 Å². The molecule has 1 fully saturated rings. The maximum atomic E-state index is 13.7. The lowest BCUT2D eigenvalue weighted by Crippen LogP contribution is -2.33. The molecule has 0 spiro atoms. The van der Waals surface area contributed by atoms with Gasteiger partial charge in [-0.3, -0.25) is 4.79 Å². The van der Waals surface area contributed by atoms with Gasteiger partial charge in [0.05, 0.1) is 37.0 Å². The van der Waals surface area contributed by atoms with E-state index in [1.54, 1.807) is 13.8 Å². The van der Waals surface area contributed by atoms with E-state index in [0.29, 0.717) is 29.8 Å². The average Bonchev–Trinajstić information content (AvgIpc) is 3.13. The number of aliphatic hydroxyl groups is 1. The minimum absolute atomic E-state index is 0.0435. The quantitative estimate of drug-likeness (QED) is 0.415. The largest absolute Gasteiger partial charge is 0.462 e. The second-order valence-corrected chi connectivity index (χ2v) is 8.73. The van der Waals surface area contributed by atoms with E-state index in [-0.39, 0.29) is 43.2 Å². The summed E-state index contributed by atoms with van der Waals surface area (Å²) in [6.07, 6.45) is -0.705. The molecule has 8 nitrogen and oxygen atoms in total. The SMILES string of the molecule is CCOC(=O)c1c(C(=O)OCC)c(C(C)C)n(CC[C@@H]2C[C@@H](O)CC(=O)O2)c1-c1ccc(F)cc1. The molecule has 1 saturated heterocycles. The Morgan fingerprint density at radius 2 is 1.71 bits per heavy atom. The van der Waals surface area contributed by atoms with Gasteiger partial charge in [-0.15, -0.1) is 0 Å². The number of carbonyl (C=O) groups excluding carboxylic acids is 3. The zero-order valence-electron chi connectivity index (χ0n) is 20.5. The van der Waals surface area contributed by atoms with Crippen molar-refractivity contribution >= 4 is 17.9 Å². The van der Waals surface area contributed by atoms with Crippen LogP contribution in [0.5, 0.6) is 0 Å². The van der Waals surface area contributed by atoms with Crippen molar-refractivity contribution in [2.45, 2.75) is 71.6 Å². The van der Waals surface area contributed by atoms with Gasteiger partial charge in [0, 0.05) is 25.1 Å². The molecular weight excluding hydrogens is 457 g/mol. The van der Waals surface area contributed by atoms with E-state index in [2.05, 4.69) is 0 Å². The highest BCUT2D eigenvalue weighted by atomic mass is 19.1. The van der Waals surface area contributed by atoms with Crippen LogP contribution >= 0.6 is 0 Å². The molecule has 0 saturated carbocycles. The summed E-state index contributed by atoms with van der Waals surface area (Å²) in [7, 11) is 0. The van der Waals surface area contributed by atoms with Gasteiger partial charge in [0.25, 0.3) is 0 Å². The fraction of sp³-hybridized carbons (Fsp3) is 0.500. The third-order valence-corrected chi connectivity index (χ3v) is 5.84. The molecule has 1 aromatic heterocycles. The van der Waals surface area contributed by atoms with Crippen LogP contribution in [0.3, 0.4) is 0 Å². The molecule has 0 radical (unpaired) electrons. The first-order chi connectivity index (χ1) is 16.7. The Morgan fingerprint density at radius 3 is 2.26 bits per heavy atom. The summed E-state index contributed by atoms with van der Waals surface area (Å²) < 4.78 is 31.6. The number of cyclic esters (lactones) is 1. The third kappa shape index (κ3) is 5.90. The highest BCUT2D eigenvalue weighted by Gasteiger charge is 2.35. The molecule has 0 unspecified atom stereocenters. The Bertz CT molecular complexity index is 1070. The van der Waals surface area contributed by atoms with Gasteiger partial charge < -0.3 is 23.9 Å². The first kappa shape index (κ1) is 26.4. The number of rotatable bonds is 9. The maximum absolute atomic E-state index is 13.7. The van der Waals surface area contributed by atoms with Gasteiger partial charge >= 0.3 is 17.9 Å².